The predicted molar refractivity (Wildman–Crippen MR) is 371 cm³/mol. The van der Waals surface area contributed by atoms with Crippen LogP contribution in [0.4, 0.5) is 0 Å². The molecule has 0 saturated carbocycles. The third-order valence-electron chi connectivity index (χ3n) is 16.2. The number of rotatable bonds is 68. The Hall–Kier alpha value is -3.53. The van der Waals surface area contributed by atoms with Crippen LogP contribution in [0.25, 0.3) is 0 Å². The molecule has 0 aliphatic carbocycles. The molecule has 2 unspecified atom stereocenters. The van der Waals surface area contributed by atoms with Gasteiger partial charge < -0.3 is 33.3 Å². The zero-order chi connectivity index (χ0) is 63.3. The first-order valence-corrected chi connectivity index (χ1v) is 36.7. The standard InChI is InChI=1S/C78H139NO8/c1-6-8-10-12-14-16-18-20-22-24-26-28-30-31-32-33-34-35-36-37-38-39-40-41-42-43-44-45-47-49-51-53-55-57-59-61-63-65-67-69-76(81)87-74(73-86-78(77(82)83)84-71-70-79(3,4)5)72-85-75(80)68-66-64-62-60-58-56-54-52-50-48-46-29-27-25-23-21-19-17-15-13-11-9-7-2/h8,10,14,16,20,22,26,28,31-32,34-35,37-38,74,78H,6-7,9,11-13,15,17-19,21,23-25,27,29-30,33,36,39-73H2,1-5H3/b10-8-,16-14-,22-20-,28-26-,32-31-,35-34-,38-37-. The Morgan fingerprint density at radius 3 is 0.977 bits per heavy atom. The number of likely N-dealkylation sites (N-methyl/N-ethyl adjacent to an activating group) is 1. The summed E-state index contributed by atoms with van der Waals surface area (Å²) in [6.45, 7) is 4.69. The summed E-state index contributed by atoms with van der Waals surface area (Å²) < 4.78 is 22.8. The van der Waals surface area contributed by atoms with Crippen molar-refractivity contribution in [1.29, 1.82) is 0 Å². The van der Waals surface area contributed by atoms with Crippen LogP contribution >= 0.6 is 0 Å². The van der Waals surface area contributed by atoms with Gasteiger partial charge >= 0.3 is 11.9 Å². The monoisotopic (exact) mass is 1220 g/mol. The first kappa shape index (κ1) is 83.5. The van der Waals surface area contributed by atoms with Crippen molar-refractivity contribution < 1.29 is 42.9 Å². The van der Waals surface area contributed by atoms with E-state index in [0.29, 0.717) is 23.9 Å². The van der Waals surface area contributed by atoms with Crippen LogP contribution in [0.2, 0.25) is 0 Å². The number of carboxylic acids is 1. The minimum atomic E-state index is -1.62. The summed E-state index contributed by atoms with van der Waals surface area (Å²) in [7, 11) is 5.94. The molecule has 9 nitrogen and oxygen atoms in total. The number of nitrogens with zero attached hydrogens (tertiary/aromatic N) is 1. The molecule has 0 N–H and O–H groups in total. The predicted octanol–water partition coefficient (Wildman–Crippen LogP) is 21.7. The van der Waals surface area contributed by atoms with Gasteiger partial charge in [-0.1, -0.05) is 336 Å². The maximum absolute atomic E-state index is 12.9. The van der Waals surface area contributed by atoms with Crippen molar-refractivity contribution in [3.63, 3.8) is 0 Å². The fourth-order valence-corrected chi connectivity index (χ4v) is 10.6. The second kappa shape index (κ2) is 68.4. The minimum Gasteiger partial charge on any atom is -0.545 e. The van der Waals surface area contributed by atoms with E-state index in [-0.39, 0.29) is 32.2 Å². The number of esters is 2. The van der Waals surface area contributed by atoms with Gasteiger partial charge in [0, 0.05) is 12.8 Å². The van der Waals surface area contributed by atoms with E-state index in [1.165, 1.54) is 225 Å². The molecule has 0 aliphatic rings. The topological polar surface area (TPSA) is 111 Å². The van der Waals surface area contributed by atoms with Crippen molar-refractivity contribution in [2.45, 2.75) is 347 Å². The third-order valence-corrected chi connectivity index (χ3v) is 16.2. The molecule has 87 heavy (non-hydrogen) atoms. The largest absolute Gasteiger partial charge is 0.545 e. The van der Waals surface area contributed by atoms with Crippen LogP contribution in [-0.4, -0.2) is 82.3 Å². The Balaban J connectivity index is 4.04. The third kappa shape index (κ3) is 69.8. The Kier molecular flexibility index (Phi) is 65.6. The minimum absolute atomic E-state index is 0.148. The van der Waals surface area contributed by atoms with Crippen LogP contribution in [0.1, 0.15) is 335 Å². The average molecular weight is 1220 g/mol. The number of ether oxygens (including phenoxy) is 4. The Labute approximate surface area is 538 Å². The van der Waals surface area contributed by atoms with Crippen LogP contribution in [0.15, 0.2) is 85.1 Å². The SMILES string of the molecule is CC/C=C\C/C=C\C/C=C\C/C=C\C/C=C\C/C=C\C/C=C\CCCCCCCCCCCCCCCCCCCC(=O)OC(COC(=O)CCCCCCCCCCCCCCCCCCCCCCCCC)COC(OCC[N+](C)(C)C)C(=O)[O-]. The summed E-state index contributed by atoms with van der Waals surface area (Å²) in [6.07, 6.45) is 89.6. The zero-order valence-electron chi connectivity index (χ0n) is 57.6. The van der Waals surface area contributed by atoms with Crippen molar-refractivity contribution in [2.75, 3.05) is 47.5 Å². The second-order valence-electron chi connectivity index (χ2n) is 25.9. The van der Waals surface area contributed by atoms with Crippen molar-refractivity contribution in [3.8, 4) is 0 Å². The van der Waals surface area contributed by atoms with Crippen LogP contribution in [0.3, 0.4) is 0 Å². The molecule has 0 aliphatic heterocycles. The number of hydrogen-bond donors (Lipinski definition) is 0. The van der Waals surface area contributed by atoms with Gasteiger partial charge in [0.25, 0.3) is 0 Å². The number of unbranched alkanes of at least 4 members (excludes halogenated alkanes) is 39. The van der Waals surface area contributed by atoms with Crippen molar-refractivity contribution in [3.05, 3.63) is 85.1 Å². The van der Waals surface area contributed by atoms with E-state index < -0.39 is 24.3 Å². The summed E-state index contributed by atoms with van der Waals surface area (Å²) in [4.78, 5) is 37.5. The maximum Gasteiger partial charge on any atom is 0.306 e. The Morgan fingerprint density at radius 1 is 0.356 bits per heavy atom. The van der Waals surface area contributed by atoms with Crippen molar-refractivity contribution >= 4 is 17.9 Å². The van der Waals surface area contributed by atoms with Gasteiger partial charge in [-0.05, 0) is 70.6 Å². The van der Waals surface area contributed by atoms with Gasteiger partial charge in [0.2, 0.25) is 0 Å². The van der Waals surface area contributed by atoms with Gasteiger partial charge in [-0.25, -0.2) is 0 Å². The molecule has 2 atom stereocenters. The first-order chi connectivity index (χ1) is 42.6. The lowest BCUT2D eigenvalue weighted by Gasteiger charge is -2.26. The molecule has 0 aromatic heterocycles. The number of hydrogen-bond acceptors (Lipinski definition) is 8. The van der Waals surface area contributed by atoms with Gasteiger partial charge in [0.05, 0.1) is 40.3 Å². The van der Waals surface area contributed by atoms with Gasteiger partial charge in [-0.15, -0.1) is 0 Å². The molecule has 0 aromatic carbocycles. The number of carbonyl (C=O) groups excluding carboxylic acids is 3. The Bertz CT molecular complexity index is 1700. The molecule has 9 heteroatoms. The van der Waals surface area contributed by atoms with Crippen molar-refractivity contribution in [1.82, 2.24) is 0 Å². The highest BCUT2D eigenvalue weighted by Crippen LogP contribution is 2.18. The van der Waals surface area contributed by atoms with Gasteiger partial charge in [-0.3, -0.25) is 9.59 Å². The number of aliphatic carboxylic acids is 1. The maximum atomic E-state index is 12.9. The van der Waals surface area contributed by atoms with Gasteiger partial charge in [0.1, 0.15) is 13.2 Å². The molecule has 504 valence electrons. The second-order valence-corrected chi connectivity index (χ2v) is 25.9. The summed E-state index contributed by atoms with van der Waals surface area (Å²) in [5, 5.41) is 11.8. The highest BCUT2D eigenvalue weighted by Gasteiger charge is 2.22. The highest BCUT2D eigenvalue weighted by molar-refractivity contribution is 5.70. The lowest BCUT2D eigenvalue weighted by molar-refractivity contribution is -0.870. The molecule has 0 bridgehead atoms. The molecule has 0 fully saturated rings. The Morgan fingerprint density at radius 2 is 0.655 bits per heavy atom. The normalized spacial score (nSPS) is 13.2. The molecular weight excluding hydrogens is 1080 g/mol. The van der Waals surface area contributed by atoms with E-state index in [4.69, 9.17) is 18.9 Å². The molecule has 0 amide bonds. The summed E-state index contributed by atoms with van der Waals surface area (Å²) in [6, 6.07) is 0. The van der Waals surface area contributed by atoms with Crippen LogP contribution in [0.5, 0.6) is 0 Å². The first-order valence-electron chi connectivity index (χ1n) is 36.7. The zero-order valence-corrected chi connectivity index (χ0v) is 57.6. The fraction of sp³-hybridized carbons (Fsp3) is 0.782. The number of carbonyl (C=O) groups is 3. The van der Waals surface area contributed by atoms with Crippen LogP contribution in [-0.2, 0) is 33.3 Å². The molecule has 0 saturated heterocycles. The quantitative estimate of drug-likeness (QED) is 0.0195. The van der Waals surface area contributed by atoms with Crippen molar-refractivity contribution in [2.24, 2.45) is 0 Å². The number of allylic oxidation sites excluding steroid dienone is 14. The molecular formula is C78H139NO8. The van der Waals surface area contributed by atoms with Crippen LogP contribution < -0.4 is 5.11 Å². The summed E-state index contributed by atoms with van der Waals surface area (Å²) in [5.74, 6) is -2.26. The van der Waals surface area contributed by atoms with Gasteiger partial charge in [-0.2, -0.15) is 0 Å². The van der Waals surface area contributed by atoms with E-state index in [9.17, 15) is 19.5 Å². The smallest absolute Gasteiger partial charge is 0.306 e. The van der Waals surface area contributed by atoms with Gasteiger partial charge in [0.15, 0.2) is 12.4 Å². The van der Waals surface area contributed by atoms with E-state index in [0.717, 1.165) is 77.0 Å². The lowest BCUT2D eigenvalue weighted by Crippen LogP contribution is -2.44. The average Bonchev–Trinajstić information content (AvgIpc) is 3.55. The summed E-state index contributed by atoms with van der Waals surface area (Å²) in [5.41, 5.74) is 0. The lowest BCUT2D eigenvalue weighted by atomic mass is 10.0. The highest BCUT2D eigenvalue weighted by atomic mass is 16.7. The van der Waals surface area contributed by atoms with E-state index in [1.54, 1.807) is 0 Å². The molecule has 0 rings (SSSR count). The molecule has 0 aromatic rings. The van der Waals surface area contributed by atoms with E-state index in [1.807, 2.05) is 21.1 Å². The molecule has 0 spiro atoms. The fourth-order valence-electron chi connectivity index (χ4n) is 10.6. The molecule has 0 radical (unpaired) electrons. The number of quaternary nitrogens is 1. The molecule has 0 heterocycles. The number of carboxylic acid groups (broad SMARTS) is 1. The van der Waals surface area contributed by atoms with E-state index in [2.05, 4.69) is 98.9 Å². The summed E-state index contributed by atoms with van der Waals surface area (Å²) >= 11 is 0. The van der Waals surface area contributed by atoms with Crippen LogP contribution in [0, 0.1) is 0 Å². The van der Waals surface area contributed by atoms with E-state index >= 15 is 0 Å².